The van der Waals surface area contributed by atoms with Crippen LogP contribution in [0.5, 0.6) is 0 Å². The summed E-state index contributed by atoms with van der Waals surface area (Å²) in [6.45, 7) is 2.13. The Morgan fingerprint density at radius 2 is 2.21 bits per heavy atom. The third-order valence-electron chi connectivity index (χ3n) is 2.82. The minimum Gasteiger partial charge on any atom is -0.316 e. The Kier molecular flexibility index (Phi) is 2.81. The number of rotatable bonds is 1. The standard InChI is InChI=1S/C12H14N2/c13-8-10-4-1-2-6-12(10)11-5-3-7-14-9-11/h1-2,4,6,11,14H,3,5,7,9H2/t11-/m1/s1. The highest BCUT2D eigenvalue weighted by Gasteiger charge is 2.17. The highest BCUT2D eigenvalue weighted by Crippen LogP contribution is 2.25. The normalized spacial score (nSPS) is 21.5. The number of piperidine rings is 1. The van der Waals surface area contributed by atoms with Crippen LogP contribution in [0.1, 0.15) is 29.9 Å². The van der Waals surface area contributed by atoms with E-state index in [1.54, 1.807) is 0 Å². The molecule has 1 fully saturated rings. The van der Waals surface area contributed by atoms with Crippen LogP contribution in [0.2, 0.25) is 0 Å². The summed E-state index contributed by atoms with van der Waals surface area (Å²) in [5, 5.41) is 12.4. The maximum absolute atomic E-state index is 8.98. The predicted molar refractivity (Wildman–Crippen MR) is 56.0 cm³/mol. The van der Waals surface area contributed by atoms with Crippen LogP contribution in [0.3, 0.4) is 0 Å². The van der Waals surface area contributed by atoms with E-state index >= 15 is 0 Å². The van der Waals surface area contributed by atoms with Crippen LogP contribution in [0.15, 0.2) is 24.3 Å². The lowest BCUT2D eigenvalue weighted by Gasteiger charge is -2.23. The Bertz CT molecular complexity index is 346. The Morgan fingerprint density at radius 1 is 1.36 bits per heavy atom. The van der Waals surface area contributed by atoms with Crippen molar-refractivity contribution in [1.29, 1.82) is 5.26 Å². The van der Waals surface area contributed by atoms with E-state index in [2.05, 4.69) is 17.5 Å². The zero-order valence-electron chi connectivity index (χ0n) is 8.16. The largest absolute Gasteiger partial charge is 0.316 e. The Hall–Kier alpha value is -1.33. The fourth-order valence-corrected chi connectivity index (χ4v) is 2.07. The molecule has 0 bridgehead atoms. The predicted octanol–water partition coefficient (Wildman–Crippen LogP) is 2.03. The van der Waals surface area contributed by atoms with E-state index in [1.807, 2.05) is 18.2 Å². The first-order valence-electron chi connectivity index (χ1n) is 5.11. The molecule has 1 aromatic carbocycles. The highest BCUT2D eigenvalue weighted by atomic mass is 14.9. The SMILES string of the molecule is N#Cc1ccccc1[C@@H]1CCCNC1. The number of hydrogen-bond acceptors (Lipinski definition) is 2. The minimum atomic E-state index is 0.527. The molecule has 0 radical (unpaired) electrons. The molecule has 0 aliphatic carbocycles. The fraction of sp³-hybridized carbons (Fsp3) is 0.417. The molecule has 0 aromatic heterocycles. The molecular formula is C12H14N2. The molecule has 0 spiro atoms. The van der Waals surface area contributed by atoms with Gasteiger partial charge in [-0.3, -0.25) is 0 Å². The van der Waals surface area contributed by atoms with Gasteiger partial charge in [-0.05, 0) is 36.9 Å². The van der Waals surface area contributed by atoms with Crippen molar-refractivity contribution in [1.82, 2.24) is 5.32 Å². The van der Waals surface area contributed by atoms with Crippen molar-refractivity contribution in [3.05, 3.63) is 35.4 Å². The van der Waals surface area contributed by atoms with Crippen molar-refractivity contribution >= 4 is 0 Å². The number of nitrogens with zero attached hydrogens (tertiary/aromatic N) is 1. The topological polar surface area (TPSA) is 35.8 Å². The van der Waals surface area contributed by atoms with E-state index in [0.717, 1.165) is 18.7 Å². The lowest BCUT2D eigenvalue weighted by Crippen LogP contribution is -2.28. The third kappa shape index (κ3) is 1.78. The summed E-state index contributed by atoms with van der Waals surface area (Å²) in [5.74, 6) is 0.527. The summed E-state index contributed by atoms with van der Waals surface area (Å²) in [7, 11) is 0. The first-order valence-corrected chi connectivity index (χ1v) is 5.11. The summed E-state index contributed by atoms with van der Waals surface area (Å²) in [5.41, 5.74) is 2.04. The molecule has 72 valence electrons. The molecule has 14 heavy (non-hydrogen) atoms. The summed E-state index contributed by atoms with van der Waals surface area (Å²) in [6, 6.07) is 10.2. The van der Waals surface area contributed by atoms with Crippen molar-refractivity contribution in [2.45, 2.75) is 18.8 Å². The second-order valence-electron chi connectivity index (χ2n) is 3.74. The first kappa shape index (κ1) is 9.23. The van der Waals surface area contributed by atoms with E-state index in [0.29, 0.717) is 5.92 Å². The maximum Gasteiger partial charge on any atom is 0.0994 e. The van der Waals surface area contributed by atoms with Gasteiger partial charge >= 0.3 is 0 Å². The first-order chi connectivity index (χ1) is 6.92. The maximum atomic E-state index is 8.98. The van der Waals surface area contributed by atoms with Gasteiger partial charge in [-0.15, -0.1) is 0 Å². The van der Waals surface area contributed by atoms with Gasteiger partial charge in [-0.2, -0.15) is 5.26 Å². The van der Waals surface area contributed by atoms with Gasteiger partial charge in [0, 0.05) is 6.54 Å². The molecule has 1 heterocycles. The van der Waals surface area contributed by atoms with Gasteiger partial charge in [0.2, 0.25) is 0 Å². The highest BCUT2D eigenvalue weighted by molar-refractivity contribution is 5.39. The average Bonchev–Trinajstić information content (AvgIpc) is 2.30. The molecule has 1 aromatic rings. The van der Waals surface area contributed by atoms with Gasteiger partial charge < -0.3 is 5.32 Å². The fourth-order valence-electron chi connectivity index (χ4n) is 2.07. The Balaban J connectivity index is 2.26. The molecule has 2 nitrogen and oxygen atoms in total. The van der Waals surface area contributed by atoms with Crippen LogP contribution in [0.4, 0.5) is 0 Å². The lowest BCUT2D eigenvalue weighted by atomic mass is 9.89. The third-order valence-corrected chi connectivity index (χ3v) is 2.82. The van der Waals surface area contributed by atoms with E-state index in [-0.39, 0.29) is 0 Å². The monoisotopic (exact) mass is 186 g/mol. The van der Waals surface area contributed by atoms with E-state index in [1.165, 1.54) is 18.4 Å². The van der Waals surface area contributed by atoms with Crippen LogP contribution < -0.4 is 5.32 Å². The van der Waals surface area contributed by atoms with Crippen LogP contribution in [0.25, 0.3) is 0 Å². The Labute approximate surface area is 84.6 Å². The van der Waals surface area contributed by atoms with Crippen molar-refractivity contribution in [3.63, 3.8) is 0 Å². The van der Waals surface area contributed by atoms with Crippen LogP contribution in [-0.2, 0) is 0 Å². The van der Waals surface area contributed by atoms with E-state index < -0.39 is 0 Å². The molecule has 1 aliphatic rings. The average molecular weight is 186 g/mol. The van der Waals surface area contributed by atoms with Gasteiger partial charge in [0.15, 0.2) is 0 Å². The van der Waals surface area contributed by atoms with Crippen molar-refractivity contribution in [3.8, 4) is 6.07 Å². The van der Waals surface area contributed by atoms with E-state index in [4.69, 9.17) is 5.26 Å². The van der Waals surface area contributed by atoms with Gasteiger partial charge in [-0.25, -0.2) is 0 Å². The smallest absolute Gasteiger partial charge is 0.0994 e. The number of hydrogen-bond donors (Lipinski definition) is 1. The number of nitrogens with one attached hydrogen (secondary N) is 1. The summed E-state index contributed by atoms with van der Waals surface area (Å²) in [6.07, 6.45) is 2.41. The summed E-state index contributed by atoms with van der Waals surface area (Å²) in [4.78, 5) is 0. The van der Waals surface area contributed by atoms with Crippen LogP contribution in [0, 0.1) is 11.3 Å². The molecule has 1 atom stereocenters. The Morgan fingerprint density at radius 3 is 2.93 bits per heavy atom. The molecule has 2 heteroatoms. The van der Waals surface area contributed by atoms with Crippen molar-refractivity contribution < 1.29 is 0 Å². The summed E-state index contributed by atoms with van der Waals surface area (Å²) >= 11 is 0. The second kappa shape index (κ2) is 4.26. The molecular weight excluding hydrogens is 172 g/mol. The number of benzene rings is 1. The van der Waals surface area contributed by atoms with Crippen LogP contribution in [-0.4, -0.2) is 13.1 Å². The quantitative estimate of drug-likeness (QED) is 0.728. The molecule has 2 rings (SSSR count). The van der Waals surface area contributed by atoms with Gasteiger partial charge in [0.25, 0.3) is 0 Å². The van der Waals surface area contributed by atoms with Crippen molar-refractivity contribution in [2.75, 3.05) is 13.1 Å². The van der Waals surface area contributed by atoms with Gasteiger partial charge in [0.05, 0.1) is 11.6 Å². The van der Waals surface area contributed by atoms with Gasteiger partial charge in [-0.1, -0.05) is 18.2 Å². The minimum absolute atomic E-state index is 0.527. The molecule has 1 N–H and O–H groups in total. The molecule has 1 aliphatic heterocycles. The molecule has 0 amide bonds. The zero-order valence-corrected chi connectivity index (χ0v) is 8.16. The lowest BCUT2D eigenvalue weighted by molar-refractivity contribution is 0.461. The van der Waals surface area contributed by atoms with Crippen molar-refractivity contribution in [2.24, 2.45) is 0 Å². The summed E-state index contributed by atoms with van der Waals surface area (Å²) < 4.78 is 0. The molecule has 0 saturated carbocycles. The molecule has 0 unspecified atom stereocenters. The van der Waals surface area contributed by atoms with Crippen LogP contribution >= 0.6 is 0 Å². The molecule has 1 saturated heterocycles. The zero-order chi connectivity index (χ0) is 9.80. The second-order valence-corrected chi connectivity index (χ2v) is 3.74. The van der Waals surface area contributed by atoms with Gasteiger partial charge in [0.1, 0.15) is 0 Å². The van der Waals surface area contributed by atoms with E-state index in [9.17, 15) is 0 Å². The number of nitriles is 1.